The molecular formula is C21H26N6O. The molecule has 7 nitrogen and oxygen atoms in total. The first-order valence-electron chi connectivity index (χ1n) is 9.83. The van der Waals surface area contributed by atoms with E-state index >= 15 is 0 Å². The van der Waals surface area contributed by atoms with Gasteiger partial charge in [-0.2, -0.15) is 10.2 Å². The maximum absolute atomic E-state index is 12.8. The Balaban J connectivity index is 1.40. The molecule has 0 bridgehead atoms. The van der Waals surface area contributed by atoms with Gasteiger partial charge in [0.05, 0.1) is 18.7 Å². The summed E-state index contributed by atoms with van der Waals surface area (Å²) in [5.41, 5.74) is 4.80. The van der Waals surface area contributed by atoms with Crippen LogP contribution in [0.4, 0.5) is 0 Å². The second kappa shape index (κ2) is 7.96. The quantitative estimate of drug-likeness (QED) is 0.740. The van der Waals surface area contributed by atoms with E-state index in [0.717, 1.165) is 25.9 Å². The minimum atomic E-state index is -0.103. The number of H-pyrrole nitrogens is 1. The maximum Gasteiger partial charge on any atom is 0.227 e. The highest BCUT2D eigenvalue weighted by Crippen LogP contribution is 2.34. The number of hydrogen-bond acceptors (Lipinski definition) is 4. The summed E-state index contributed by atoms with van der Waals surface area (Å²) < 4.78 is 1.72. The van der Waals surface area contributed by atoms with Crippen molar-refractivity contribution in [2.24, 2.45) is 5.92 Å². The second-order valence-electron chi connectivity index (χ2n) is 7.68. The number of nitrogens with zero attached hydrogens (tertiary/aromatic N) is 5. The molecule has 0 spiro atoms. The summed E-state index contributed by atoms with van der Waals surface area (Å²) in [6.45, 7) is 6.18. The van der Waals surface area contributed by atoms with Gasteiger partial charge in [0, 0.05) is 30.3 Å². The Labute approximate surface area is 164 Å². The lowest BCUT2D eigenvalue weighted by atomic mass is 9.89. The number of amides is 1. The predicted molar refractivity (Wildman–Crippen MR) is 107 cm³/mol. The van der Waals surface area contributed by atoms with Crippen LogP contribution in [-0.2, 0) is 11.3 Å². The second-order valence-corrected chi connectivity index (χ2v) is 7.68. The van der Waals surface area contributed by atoms with Crippen molar-refractivity contribution < 1.29 is 4.79 Å². The number of aryl methyl sites for hydroxylation is 1. The first-order valence-corrected chi connectivity index (χ1v) is 9.83. The number of benzene rings is 1. The number of nitrogens with one attached hydrogen (secondary N) is 1. The number of carbonyl (C=O) groups excluding carboxylic acids is 1. The third-order valence-electron chi connectivity index (χ3n) is 5.56. The lowest BCUT2D eigenvalue weighted by molar-refractivity contribution is -0.136. The molecule has 0 aliphatic carbocycles. The fraction of sp³-hybridized carbons (Fsp3) is 0.429. The molecular weight excluding hydrogens is 352 g/mol. The molecule has 0 radical (unpaired) electrons. The highest BCUT2D eigenvalue weighted by Gasteiger charge is 2.29. The highest BCUT2D eigenvalue weighted by molar-refractivity contribution is 5.78. The van der Waals surface area contributed by atoms with Crippen molar-refractivity contribution in [2.75, 3.05) is 13.1 Å². The van der Waals surface area contributed by atoms with Crippen LogP contribution >= 0.6 is 0 Å². The van der Waals surface area contributed by atoms with Gasteiger partial charge in [-0.15, -0.1) is 0 Å². The topological polar surface area (TPSA) is 79.7 Å². The van der Waals surface area contributed by atoms with Crippen LogP contribution in [0.2, 0.25) is 0 Å². The summed E-state index contributed by atoms with van der Waals surface area (Å²) in [6, 6.07) is 8.51. The molecule has 3 heterocycles. The van der Waals surface area contributed by atoms with E-state index < -0.39 is 0 Å². The van der Waals surface area contributed by atoms with Crippen LogP contribution < -0.4 is 0 Å². The number of aromatic amines is 1. The molecule has 28 heavy (non-hydrogen) atoms. The molecule has 146 valence electrons. The van der Waals surface area contributed by atoms with Crippen LogP contribution in [0, 0.1) is 12.8 Å². The number of hydrogen-bond donors (Lipinski definition) is 1. The third kappa shape index (κ3) is 3.83. The highest BCUT2D eigenvalue weighted by atomic mass is 16.2. The van der Waals surface area contributed by atoms with Crippen LogP contribution in [0.3, 0.4) is 0 Å². The molecule has 1 fully saturated rings. The van der Waals surface area contributed by atoms with Gasteiger partial charge in [-0.1, -0.05) is 36.8 Å². The zero-order valence-corrected chi connectivity index (χ0v) is 16.4. The average molecular weight is 378 g/mol. The molecule has 1 amide bonds. The van der Waals surface area contributed by atoms with E-state index in [0.29, 0.717) is 12.5 Å². The van der Waals surface area contributed by atoms with Gasteiger partial charge in [0.2, 0.25) is 5.91 Å². The Bertz CT molecular complexity index is 924. The Morgan fingerprint density at radius 1 is 1.32 bits per heavy atom. The van der Waals surface area contributed by atoms with Crippen LogP contribution in [0.15, 0.2) is 43.1 Å². The van der Waals surface area contributed by atoms with Crippen molar-refractivity contribution in [3.05, 3.63) is 54.4 Å². The van der Waals surface area contributed by atoms with Crippen molar-refractivity contribution in [2.45, 2.75) is 39.2 Å². The van der Waals surface area contributed by atoms with E-state index in [4.69, 9.17) is 0 Å². The first-order chi connectivity index (χ1) is 13.6. The summed E-state index contributed by atoms with van der Waals surface area (Å²) in [4.78, 5) is 18.7. The van der Waals surface area contributed by atoms with Crippen molar-refractivity contribution in [1.29, 1.82) is 0 Å². The van der Waals surface area contributed by atoms with E-state index in [9.17, 15) is 4.79 Å². The molecule has 1 atom stereocenters. The Morgan fingerprint density at radius 2 is 2.14 bits per heavy atom. The first kappa shape index (κ1) is 18.4. The van der Waals surface area contributed by atoms with Crippen LogP contribution in [0.25, 0.3) is 11.1 Å². The van der Waals surface area contributed by atoms with E-state index in [-0.39, 0.29) is 11.8 Å². The van der Waals surface area contributed by atoms with E-state index in [1.165, 1.54) is 28.7 Å². The molecule has 3 aromatic rings. The Morgan fingerprint density at radius 3 is 2.86 bits per heavy atom. The molecule has 2 aromatic heterocycles. The summed E-state index contributed by atoms with van der Waals surface area (Å²) in [5.74, 6) is 0.485. The van der Waals surface area contributed by atoms with Crippen molar-refractivity contribution in [3.63, 3.8) is 0 Å². The predicted octanol–water partition coefficient (Wildman–Crippen LogP) is 3.02. The lowest BCUT2D eigenvalue weighted by Gasteiger charge is -2.33. The molecule has 1 saturated heterocycles. The SMILES string of the molecule is Cc1cccc(-c2cn[nH]c2C2CCN(C(=O)[C@H](C)Cn3cncn3)CC2)c1. The van der Waals surface area contributed by atoms with Gasteiger partial charge in [0.15, 0.2) is 0 Å². The molecule has 1 aliphatic heterocycles. The number of rotatable bonds is 5. The standard InChI is InChI=1S/C21H26N6O/c1-15-4-3-5-18(10-15)19-11-23-25-20(19)17-6-8-26(9-7-17)21(28)16(2)12-27-14-22-13-24-27/h3-5,10-11,13-14,16-17H,6-9,12H2,1-2H3,(H,23,25)/t16-/m1/s1. The molecule has 0 saturated carbocycles. The number of carbonyl (C=O) groups is 1. The van der Waals surface area contributed by atoms with Gasteiger partial charge in [-0.25, -0.2) is 4.98 Å². The fourth-order valence-electron chi connectivity index (χ4n) is 4.04. The van der Waals surface area contributed by atoms with Crippen LogP contribution in [-0.4, -0.2) is 48.9 Å². The zero-order chi connectivity index (χ0) is 19.5. The average Bonchev–Trinajstić information content (AvgIpc) is 3.39. The molecule has 4 rings (SSSR count). The number of likely N-dealkylation sites (tertiary alicyclic amines) is 1. The van der Waals surface area contributed by atoms with Gasteiger partial charge in [-0.05, 0) is 25.3 Å². The van der Waals surface area contributed by atoms with Crippen LogP contribution in [0.5, 0.6) is 0 Å². The van der Waals surface area contributed by atoms with E-state index in [1.54, 1.807) is 11.0 Å². The molecule has 7 heteroatoms. The Hall–Kier alpha value is -2.96. The van der Waals surface area contributed by atoms with Crippen molar-refractivity contribution >= 4 is 5.91 Å². The number of piperidine rings is 1. The molecule has 1 aliphatic rings. The summed E-state index contributed by atoms with van der Waals surface area (Å²) in [5, 5.41) is 11.6. The summed E-state index contributed by atoms with van der Waals surface area (Å²) >= 11 is 0. The van der Waals surface area contributed by atoms with E-state index in [1.807, 2.05) is 18.0 Å². The minimum absolute atomic E-state index is 0.103. The lowest BCUT2D eigenvalue weighted by Crippen LogP contribution is -2.41. The summed E-state index contributed by atoms with van der Waals surface area (Å²) in [6.07, 6.45) is 6.97. The normalized spacial score (nSPS) is 16.3. The monoisotopic (exact) mass is 378 g/mol. The zero-order valence-electron chi connectivity index (χ0n) is 16.4. The molecule has 0 unspecified atom stereocenters. The summed E-state index contributed by atoms with van der Waals surface area (Å²) in [7, 11) is 0. The van der Waals surface area contributed by atoms with Crippen LogP contribution in [0.1, 0.15) is 36.9 Å². The van der Waals surface area contributed by atoms with Crippen molar-refractivity contribution in [3.8, 4) is 11.1 Å². The van der Waals surface area contributed by atoms with Gasteiger partial charge in [0.25, 0.3) is 0 Å². The number of aromatic nitrogens is 5. The van der Waals surface area contributed by atoms with Gasteiger partial charge < -0.3 is 4.90 Å². The third-order valence-corrected chi connectivity index (χ3v) is 5.56. The van der Waals surface area contributed by atoms with Crippen molar-refractivity contribution in [1.82, 2.24) is 29.9 Å². The molecule has 1 N–H and O–H groups in total. The van der Waals surface area contributed by atoms with Gasteiger partial charge in [0.1, 0.15) is 12.7 Å². The molecule has 1 aromatic carbocycles. The Kier molecular flexibility index (Phi) is 5.23. The maximum atomic E-state index is 12.8. The van der Waals surface area contributed by atoms with E-state index in [2.05, 4.69) is 51.5 Å². The van der Waals surface area contributed by atoms with Gasteiger partial charge in [-0.3, -0.25) is 14.6 Å². The largest absolute Gasteiger partial charge is 0.342 e. The minimum Gasteiger partial charge on any atom is -0.342 e. The smallest absolute Gasteiger partial charge is 0.227 e. The fourth-order valence-corrected chi connectivity index (χ4v) is 4.04. The van der Waals surface area contributed by atoms with Gasteiger partial charge >= 0.3 is 0 Å².